The Morgan fingerprint density at radius 1 is 1.07 bits per heavy atom. The van der Waals surface area contributed by atoms with Gasteiger partial charge in [-0.25, -0.2) is 9.59 Å². The number of nitrogens with one attached hydrogen (secondary N) is 1. The van der Waals surface area contributed by atoms with Gasteiger partial charge in [-0.3, -0.25) is 10.00 Å². The summed E-state index contributed by atoms with van der Waals surface area (Å²) in [6.07, 6.45) is 0.658. The molecule has 1 aromatic heterocycles. The van der Waals surface area contributed by atoms with Gasteiger partial charge in [0.25, 0.3) is 0 Å². The molecular weight excluding hydrogens is 576 g/mol. The molecule has 1 fully saturated rings. The first kappa shape index (κ1) is 29.5. The number of likely N-dealkylation sites (tertiary alicyclic amines) is 1. The lowest BCUT2D eigenvalue weighted by Gasteiger charge is -2.33. The van der Waals surface area contributed by atoms with Crippen LogP contribution < -0.4 is 10.1 Å². The van der Waals surface area contributed by atoms with E-state index in [0.29, 0.717) is 32.1 Å². The highest BCUT2D eigenvalue weighted by Crippen LogP contribution is 2.26. The molecule has 3 aromatic rings. The number of aromatic nitrogens is 2. The van der Waals surface area contributed by atoms with Crippen LogP contribution in [0.25, 0.3) is 0 Å². The van der Waals surface area contributed by atoms with Crippen molar-refractivity contribution in [3.8, 4) is 5.75 Å². The standard InChI is InChI=1S/C30H37BrN4O5/c1-21-16-27(32-28(36)39-20-23-12-14-34(15-13-23)29(37)40-30(2,3)4)33-35(21)18-24-17-25(31)10-11-26(24)38-19-22-8-6-5-7-9-22/h5-11,16-17,23H,12-15,18-20H2,1-4H3,(H,32,33,36). The zero-order valence-electron chi connectivity index (χ0n) is 23.5. The summed E-state index contributed by atoms with van der Waals surface area (Å²) in [6, 6.07) is 17.7. The first-order valence-corrected chi connectivity index (χ1v) is 14.3. The monoisotopic (exact) mass is 612 g/mol. The number of amides is 2. The Bertz CT molecular complexity index is 1300. The number of halogens is 1. The van der Waals surface area contributed by atoms with Crippen LogP contribution in [0, 0.1) is 12.8 Å². The molecule has 2 aromatic carbocycles. The predicted molar refractivity (Wildman–Crippen MR) is 156 cm³/mol. The fraction of sp³-hybridized carbons (Fsp3) is 0.433. The average Bonchev–Trinajstić information content (AvgIpc) is 3.25. The van der Waals surface area contributed by atoms with Crippen molar-refractivity contribution in [1.82, 2.24) is 14.7 Å². The Hall–Kier alpha value is -3.53. The number of aryl methyl sites for hydroxylation is 1. The van der Waals surface area contributed by atoms with Crippen molar-refractivity contribution in [1.29, 1.82) is 0 Å². The summed E-state index contributed by atoms with van der Waals surface area (Å²) >= 11 is 3.55. The van der Waals surface area contributed by atoms with Gasteiger partial charge in [0.1, 0.15) is 18.0 Å². The fourth-order valence-electron chi connectivity index (χ4n) is 4.38. The molecule has 9 nitrogen and oxygen atoms in total. The number of anilines is 1. The lowest BCUT2D eigenvalue weighted by Crippen LogP contribution is -2.42. The van der Waals surface area contributed by atoms with Gasteiger partial charge < -0.3 is 19.1 Å². The van der Waals surface area contributed by atoms with E-state index < -0.39 is 11.7 Å². The van der Waals surface area contributed by atoms with Crippen LogP contribution in [0.4, 0.5) is 15.4 Å². The SMILES string of the molecule is Cc1cc(NC(=O)OCC2CCN(C(=O)OC(C)(C)C)CC2)nn1Cc1cc(Br)ccc1OCc1ccccc1. The topological polar surface area (TPSA) is 94.9 Å². The van der Waals surface area contributed by atoms with Gasteiger partial charge >= 0.3 is 12.2 Å². The number of nitrogens with zero attached hydrogens (tertiary/aromatic N) is 3. The highest BCUT2D eigenvalue weighted by atomic mass is 79.9. The molecule has 1 N–H and O–H groups in total. The highest BCUT2D eigenvalue weighted by Gasteiger charge is 2.27. The molecule has 0 bridgehead atoms. The number of hydrogen-bond acceptors (Lipinski definition) is 6. The van der Waals surface area contributed by atoms with E-state index in [-0.39, 0.29) is 18.6 Å². The van der Waals surface area contributed by atoms with Gasteiger partial charge in [0, 0.05) is 34.9 Å². The Balaban J connectivity index is 1.27. The van der Waals surface area contributed by atoms with Crippen LogP contribution in [0.2, 0.25) is 0 Å². The van der Waals surface area contributed by atoms with Crippen molar-refractivity contribution in [2.45, 2.75) is 59.3 Å². The number of piperidine rings is 1. The smallest absolute Gasteiger partial charge is 0.412 e. The summed E-state index contributed by atoms with van der Waals surface area (Å²) in [4.78, 5) is 26.4. The number of carbonyl (C=O) groups is 2. The van der Waals surface area contributed by atoms with Gasteiger partial charge in [-0.1, -0.05) is 46.3 Å². The van der Waals surface area contributed by atoms with Gasteiger partial charge in [-0.05, 0) is 70.2 Å². The van der Waals surface area contributed by atoms with Crippen LogP contribution in [0.5, 0.6) is 5.75 Å². The number of rotatable bonds is 8. The molecule has 2 amide bonds. The summed E-state index contributed by atoms with van der Waals surface area (Å²) < 4.78 is 19.8. The molecule has 4 rings (SSSR count). The fourth-order valence-corrected chi connectivity index (χ4v) is 4.79. The quantitative estimate of drug-likeness (QED) is 0.301. The van der Waals surface area contributed by atoms with Gasteiger partial charge in [0.2, 0.25) is 0 Å². The Labute approximate surface area is 243 Å². The van der Waals surface area contributed by atoms with Gasteiger partial charge in [0.05, 0.1) is 13.2 Å². The summed E-state index contributed by atoms with van der Waals surface area (Å²) in [5.41, 5.74) is 2.42. The van der Waals surface area contributed by atoms with E-state index in [2.05, 4.69) is 26.3 Å². The van der Waals surface area contributed by atoms with Crippen LogP contribution in [0.1, 0.15) is 50.4 Å². The van der Waals surface area contributed by atoms with Crippen molar-refractivity contribution in [2.75, 3.05) is 25.0 Å². The lowest BCUT2D eigenvalue weighted by atomic mass is 9.98. The molecule has 0 radical (unpaired) electrons. The van der Waals surface area contributed by atoms with Crippen molar-refractivity contribution in [3.63, 3.8) is 0 Å². The van der Waals surface area contributed by atoms with Crippen LogP contribution >= 0.6 is 15.9 Å². The zero-order valence-corrected chi connectivity index (χ0v) is 25.1. The molecule has 1 aliphatic rings. The molecule has 40 heavy (non-hydrogen) atoms. The minimum atomic E-state index is -0.548. The minimum Gasteiger partial charge on any atom is -0.489 e. The van der Waals surface area contributed by atoms with Crippen molar-refractivity contribution >= 4 is 33.9 Å². The zero-order chi connectivity index (χ0) is 28.7. The van der Waals surface area contributed by atoms with Crippen LogP contribution in [-0.2, 0) is 22.6 Å². The summed E-state index contributed by atoms with van der Waals surface area (Å²) in [7, 11) is 0. The van der Waals surface area contributed by atoms with Crippen molar-refractivity contribution < 1.29 is 23.8 Å². The van der Waals surface area contributed by atoms with E-state index in [1.54, 1.807) is 4.90 Å². The van der Waals surface area contributed by atoms with Crippen molar-refractivity contribution in [2.24, 2.45) is 5.92 Å². The number of benzene rings is 2. The maximum absolute atomic E-state index is 12.5. The normalized spacial score (nSPS) is 14.1. The molecule has 0 saturated carbocycles. The van der Waals surface area contributed by atoms with E-state index in [4.69, 9.17) is 14.2 Å². The number of hydrogen-bond donors (Lipinski definition) is 1. The van der Waals surface area contributed by atoms with Crippen molar-refractivity contribution in [3.05, 3.63) is 75.9 Å². The first-order valence-electron chi connectivity index (χ1n) is 13.5. The minimum absolute atomic E-state index is 0.189. The van der Waals surface area contributed by atoms with Gasteiger partial charge in [0.15, 0.2) is 5.82 Å². The van der Waals surface area contributed by atoms with Crippen LogP contribution in [-0.4, -0.2) is 52.2 Å². The van der Waals surface area contributed by atoms with E-state index >= 15 is 0 Å². The highest BCUT2D eigenvalue weighted by molar-refractivity contribution is 9.10. The second-order valence-corrected chi connectivity index (χ2v) is 11.9. The summed E-state index contributed by atoms with van der Waals surface area (Å²) in [5.74, 6) is 1.38. The average molecular weight is 614 g/mol. The molecular formula is C30H37BrN4O5. The third-order valence-corrected chi connectivity index (χ3v) is 7.00. The Kier molecular flexibility index (Phi) is 9.73. The molecule has 1 aliphatic heterocycles. The van der Waals surface area contributed by atoms with E-state index in [1.807, 2.05) is 87.0 Å². The summed E-state index contributed by atoms with van der Waals surface area (Å²) in [6.45, 7) is 9.89. The molecule has 2 heterocycles. The molecule has 0 aliphatic carbocycles. The predicted octanol–water partition coefficient (Wildman–Crippen LogP) is 6.78. The number of ether oxygens (including phenoxy) is 3. The van der Waals surface area contributed by atoms with E-state index in [1.165, 1.54) is 0 Å². The first-order chi connectivity index (χ1) is 19.1. The van der Waals surface area contributed by atoms with E-state index in [0.717, 1.165) is 39.9 Å². The second-order valence-electron chi connectivity index (χ2n) is 11.0. The lowest BCUT2D eigenvalue weighted by molar-refractivity contribution is 0.0152. The molecule has 0 spiro atoms. The third kappa shape index (κ3) is 8.74. The third-order valence-electron chi connectivity index (χ3n) is 6.51. The number of carbonyl (C=O) groups excluding carboxylic acids is 2. The Morgan fingerprint density at radius 2 is 1.80 bits per heavy atom. The Morgan fingerprint density at radius 3 is 2.50 bits per heavy atom. The molecule has 1 saturated heterocycles. The van der Waals surface area contributed by atoms with Crippen LogP contribution in [0.15, 0.2) is 59.1 Å². The van der Waals surface area contributed by atoms with Gasteiger partial charge in [-0.15, -0.1) is 0 Å². The molecule has 10 heteroatoms. The molecule has 0 unspecified atom stereocenters. The maximum atomic E-state index is 12.5. The van der Waals surface area contributed by atoms with Gasteiger partial charge in [-0.2, -0.15) is 5.10 Å². The maximum Gasteiger partial charge on any atom is 0.412 e. The summed E-state index contributed by atoms with van der Waals surface area (Å²) in [5, 5.41) is 7.30. The second kappa shape index (κ2) is 13.2. The largest absolute Gasteiger partial charge is 0.489 e. The van der Waals surface area contributed by atoms with E-state index in [9.17, 15) is 9.59 Å². The van der Waals surface area contributed by atoms with Crippen LogP contribution in [0.3, 0.4) is 0 Å². The molecule has 214 valence electrons. The molecule has 0 atom stereocenters.